The van der Waals surface area contributed by atoms with E-state index in [4.69, 9.17) is 21.7 Å². The van der Waals surface area contributed by atoms with E-state index in [2.05, 4.69) is 21.3 Å². The summed E-state index contributed by atoms with van der Waals surface area (Å²) >= 11 is 4.72. The van der Waals surface area contributed by atoms with E-state index in [1.807, 2.05) is 0 Å². The summed E-state index contributed by atoms with van der Waals surface area (Å²) in [5.41, 5.74) is -1.14. The van der Waals surface area contributed by atoms with Gasteiger partial charge in [0.2, 0.25) is 23.3 Å². The summed E-state index contributed by atoms with van der Waals surface area (Å²) in [5, 5.41) is 30.5. The molecule has 0 saturated carbocycles. The highest BCUT2D eigenvalue weighted by Crippen LogP contribution is 2.60. The van der Waals surface area contributed by atoms with Gasteiger partial charge in [0.05, 0.1) is 0 Å². The third kappa shape index (κ3) is 2.71. The molecular formula is C17H12N4O8S. The van der Waals surface area contributed by atoms with Crippen molar-refractivity contribution in [1.82, 2.24) is 10.6 Å². The number of carbonyl (C=O) groups is 4. The highest BCUT2D eigenvalue weighted by atomic mass is 32.1. The summed E-state index contributed by atoms with van der Waals surface area (Å²) in [6.45, 7) is 2.32. The van der Waals surface area contributed by atoms with E-state index in [-0.39, 0.29) is 45.3 Å². The van der Waals surface area contributed by atoms with Crippen molar-refractivity contribution in [3.8, 4) is 23.0 Å². The number of nitrogens with one attached hydrogen (secondary N) is 4. The zero-order valence-electron chi connectivity index (χ0n) is 15.3. The number of anilines is 2. The van der Waals surface area contributed by atoms with Crippen LogP contribution in [0, 0.1) is 0 Å². The molecule has 0 spiro atoms. The summed E-state index contributed by atoms with van der Waals surface area (Å²) in [6, 6.07) is 0. The van der Waals surface area contributed by atoms with Gasteiger partial charge in [-0.25, -0.2) is 0 Å². The summed E-state index contributed by atoms with van der Waals surface area (Å²) in [5.74, 6) is -5.22. The Bertz CT molecular complexity index is 1100. The van der Waals surface area contributed by atoms with Crippen LogP contribution in [0.25, 0.3) is 0 Å². The molecule has 2 amide bonds. The molecular weight excluding hydrogens is 420 g/mol. The summed E-state index contributed by atoms with van der Waals surface area (Å²) in [4.78, 5) is 47.7. The third-order valence-electron chi connectivity index (χ3n) is 4.31. The quantitative estimate of drug-likeness (QED) is 0.0914. The molecule has 1 aromatic rings. The maximum Gasteiger partial charge on any atom is 0.268 e. The molecule has 12 nitrogen and oxygen atoms in total. The molecule has 30 heavy (non-hydrogen) atoms. The molecule has 0 bridgehead atoms. The molecule has 0 aromatic heterocycles. The Hall–Kier alpha value is -4.13. The van der Waals surface area contributed by atoms with Gasteiger partial charge >= 0.3 is 0 Å². The molecule has 3 aliphatic rings. The average molecular weight is 432 g/mol. The predicted molar refractivity (Wildman–Crippen MR) is 103 cm³/mol. The molecule has 3 aliphatic heterocycles. The first-order valence-corrected chi connectivity index (χ1v) is 8.69. The van der Waals surface area contributed by atoms with Gasteiger partial charge in [0.1, 0.15) is 16.9 Å². The normalized spacial score (nSPS) is 16.5. The fraction of sp³-hybridized carbons (Fsp3) is 0.118. The predicted octanol–water partition coefficient (Wildman–Crippen LogP) is -0.162. The van der Waals surface area contributed by atoms with Gasteiger partial charge in [0.15, 0.2) is 33.8 Å². The number of aromatic hydroxyl groups is 2. The Balaban J connectivity index is 1.79. The number of ketones is 2. The molecule has 0 radical (unpaired) electrons. The monoisotopic (exact) mass is 432 g/mol. The smallest absolute Gasteiger partial charge is 0.268 e. The Labute approximate surface area is 172 Å². The van der Waals surface area contributed by atoms with Crippen molar-refractivity contribution in [1.29, 1.82) is 0 Å². The van der Waals surface area contributed by atoms with Crippen molar-refractivity contribution in [2.24, 2.45) is 0 Å². The van der Waals surface area contributed by atoms with Gasteiger partial charge in [-0.3, -0.25) is 29.8 Å². The summed E-state index contributed by atoms with van der Waals surface area (Å²) in [6.07, 6.45) is 0. The van der Waals surface area contributed by atoms with Gasteiger partial charge in [0.25, 0.3) is 11.8 Å². The van der Waals surface area contributed by atoms with Crippen LogP contribution in [0.2, 0.25) is 0 Å². The van der Waals surface area contributed by atoms with Crippen LogP contribution in [0.3, 0.4) is 0 Å². The molecule has 3 heterocycles. The van der Waals surface area contributed by atoms with Crippen LogP contribution < -0.4 is 30.7 Å². The maximum atomic E-state index is 12.1. The SMILES string of the molecule is CC(=O)C(C(C)=O)=C1Nc2c(O)c3c(c(O)c2O1)NC(=C1C(=O)NC(=S)NC1=O)O3. The molecule has 13 heteroatoms. The number of phenolic OH excluding ortho intramolecular Hbond substituents is 2. The van der Waals surface area contributed by atoms with Gasteiger partial charge in [-0.2, -0.15) is 0 Å². The van der Waals surface area contributed by atoms with E-state index >= 15 is 0 Å². The first-order chi connectivity index (χ1) is 14.1. The lowest BCUT2D eigenvalue weighted by molar-refractivity contribution is -0.124. The number of fused-ring (bicyclic) bond motifs is 2. The zero-order valence-corrected chi connectivity index (χ0v) is 16.1. The first-order valence-electron chi connectivity index (χ1n) is 8.28. The molecule has 0 aliphatic carbocycles. The molecule has 1 aromatic carbocycles. The van der Waals surface area contributed by atoms with E-state index < -0.39 is 40.5 Å². The Kier molecular flexibility index (Phi) is 4.13. The lowest BCUT2D eigenvalue weighted by Gasteiger charge is -2.17. The van der Waals surface area contributed by atoms with Gasteiger partial charge in [-0.05, 0) is 26.1 Å². The number of hydrogen-bond acceptors (Lipinski definition) is 11. The lowest BCUT2D eigenvalue weighted by atomic mass is 10.1. The van der Waals surface area contributed by atoms with Crippen LogP contribution in [-0.2, 0) is 19.2 Å². The van der Waals surface area contributed by atoms with E-state index in [9.17, 15) is 29.4 Å². The fourth-order valence-electron chi connectivity index (χ4n) is 3.06. The highest BCUT2D eigenvalue weighted by molar-refractivity contribution is 7.80. The van der Waals surface area contributed by atoms with E-state index in [0.29, 0.717) is 0 Å². The number of ether oxygens (including phenoxy) is 2. The zero-order chi connectivity index (χ0) is 21.9. The van der Waals surface area contributed by atoms with Crippen molar-refractivity contribution >= 4 is 52.1 Å². The number of allylic oxidation sites excluding steroid dienone is 1. The molecule has 154 valence electrons. The molecule has 6 N–H and O–H groups in total. The summed E-state index contributed by atoms with van der Waals surface area (Å²) in [7, 11) is 0. The van der Waals surface area contributed by atoms with Gasteiger partial charge in [-0.15, -0.1) is 0 Å². The van der Waals surface area contributed by atoms with E-state index in [1.54, 1.807) is 0 Å². The van der Waals surface area contributed by atoms with Gasteiger partial charge in [-0.1, -0.05) is 0 Å². The number of Topliss-reactive ketones (excluding diaryl/α,β-unsaturated/α-hetero) is 2. The van der Waals surface area contributed by atoms with Crippen molar-refractivity contribution in [2.75, 3.05) is 10.6 Å². The molecule has 4 rings (SSSR count). The number of rotatable bonds is 2. The molecule has 1 fully saturated rings. The second kappa shape index (κ2) is 6.45. The van der Waals surface area contributed by atoms with Crippen molar-refractivity contribution in [3.05, 3.63) is 22.9 Å². The topological polar surface area (TPSA) is 175 Å². The number of carbonyl (C=O) groups excluding carboxylic acids is 4. The molecule has 0 unspecified atom stereocenters. The van der Waals surface area contributed by atoms with E-state index in [0.717, 1.165) is 13.8 Å². The van der Waals surface area contributed by atoms with Crippen LogP contribution in [0.15, 0.2) is 22.9 Å². The number of hydrogen-bond donors (Lipinski definition) is 6. The van der Waals surface area contributed by atoms with Crippen LogP contribution in [0.4, 0.5) is 11.4 Å². The maximum absolute atomic E-state index is 12.1. The largest absolute Gasteiger partial charge is 0.503 e. The average Bonchev–Trinajstić information content (AvgIpc) is 3.24. The minimum absolute atomic E-state index is 0.173. The minimum atomic E-state index is -0.849. The number of thiocarbonyl (C=S) groups is 1. The molecule has 1 saturated heterocycles. The Morgan fingerprint density at radius 3 is 1.87 bits per heavy atom. The lowest BCUT2D eigenvalue weighted by Crippen LogP contribution is -2.52. The second-order valence-corrected chi connectivity index (χ2v) is 6.73. The Morgan fingerprint density at radius 1 is 0.833 bits per heavy atom. The van der Waals surface area contributed by atoms with Crippen molar-refractivity contribution in [3.63, 3.8) is 0 Å². The number of benzene rings is 1. The Morgan fingerprint density at radius 2 is 1.33 bits per heavy atom. The van der Waals surface area contributed by atoms with E-state index in [1.165, 1.54) is 0 Å². The van der Waals surface area contributed by atoms with Crippen LogP contribution in [0.1, 0.15) is 13.8 Å². The van der Waals surface area contributed by atoms with Crippen LogP contribution >= 0.6 is 12.2 Å². The third-order valence-corrected chi connectivity index (χ3v) is 4.51. The molecule has 0 atom stereocenters. The highest BCUT2D eigenvalue weighted by Gasteiger charge is 2.40. The minimum Gasteiger partial charge on any atom is -0.503 e. The van der Waals surface area contributed by atoms with Crippen LogP contribution in [0.5, 0.6) is 23.0 Å². The fourth-order valence-corrected chi connectivity index (χ4v) is 3.24. The van der Waals surface area contributed by atoms with Crippen molar-refractivity contribution in [2.45, 2.75) is 13.8 Å². The number of phenols is 2. The first kappa shape index (κ1) is 19.2. The van der Waals surface area contributed by atoms with Gasteiger partial charge in [0, 0.05) is 0 Å². The van der Waals surface area contributed by atoms with Crippen molar-refractivity contribution < 1.29 is 38.9 Å². The summed E-state index contributed by atoms with van der Waals surface area (Å²) < 4.78 is 10.8. The second-order valence-electron chi connectivity index (χ2n) is 6.32. The number of amides is 2. The van der Waals surface area contributed by atoms with Gasteiger partial charge < -0.3 is 30.3 Å². The standard InChI is InChI=1S/C17H12N4O8S/c1-3(22)5(4(2)23)15-18-7-9(24)12-8(10(25)11(7)28-15)19-16(29-12)6-13(26)20-17(30)21-14(6)27/h18-19,24-25H,1-2H3,(H2,20,21,26,27,30). The van der Waals surface area contributed by atoms with Crippen LogP contribution in [-0.4, -0.2) is 38.7 Å².